The highest BCUT2D eigenvalue weighted by molar-refractivity contribution is 5.74. The van der Waals surface area contributed by atoms with Crippen LogP contribution < -0.4 is 9.47 Å². The summed E-state index contributed by atoms with van der Waals surface area (Å²) in [6.07, 6.45) is 4.10. The summed E-state index contributed by atoms with van der Waals surface area (Å²) in [6, 6.07) is 16.0. The van der Waals surface area contributed by atoms with Crippen molar-refractivity contribution in [1.29, 1.82) is 0 Å². The van der Waals surface area contributed by atoms with Crippen LogP contribution in [0.4, 0.5) is 0 Å². The van der Waals surface area contributed by atoms with E-state index in [1.807, 2.05) is 48.5 Å². The van der Waals surface area contributed by atoms with E-state index < -0.39 is 0 Å². The summed E-state index contributed by atoms with van der Waals surface area (Å²) in [4.78, 5) is 0. The lowest BCUT2D eigenvalue weighted by Crippen LogP contribution is -2.12. The van der Waals surface area contributed by atoms with E-state index in [0.29, 0.717) is 26.4 Å². The minimum Gasteiger partial charge on any atom is -0.491 e. The average Bonchev–Trinajstić information content (AvgIpc) is 2.55. The van der Waals surface area contributed by atoms with Gasteiger partial charge in [0.2, 0.25) is 0 Å². The van der Waals surface area contributed by atoms with E-state index in [0.717, 1.165) is 22.6 Å². The van der Waals surface area contributed by atoms with E-state index in [2.05, 4.69) is 12.2 Å². The Morgan fingerprint density at radius 2 is 1.05 bits per heavy atom. The van der Waals surface area contributed by atoms with E-state index in [9.17, 15) is 0 Å². The zero-order valence-electron chi connectivity index (χ0n) is 11.8. The molecule has 0 atom stereocenters. The highest BCUT2D eigenvalue weighted by atomic mass is 16.5. The molecule has 2 aromatic rings. The summed E-state index contributed by atoms with van der Waals surface area (Å²) >= 11 is 0. The highest BCUT2D eigenvalue weighted by Crippen LogP contribution is 2.24. The highest BCUT2D eigenvalue weighted by Gasteiger charge is 2.04. The fourth-order valence-corrected chi connectivity index (χ4v) is 2.20. The lowest BCUT2D eigenvalue weighted by Gasteiger charge is -2.09. The number of ether oxygens (including phenoxy) is 3. The van der Waals surface area contributed by atoms with Crippen LogP contribution in [0.15, 0.2) is 48.5 Å². The van der Waals surface area contributed by atoms with Crippen molar-refractivity contribution in [3.05, 3.63) is 59.7 Å². The molecular formula is C18H18O3. The van der Waals surface area contributed by atoms with Crippen LogP contribution in [0.5, 0.6) is 11.5 Å². The second kappa shape index (κ2) is 6.95. The number of benzene rings is 2. The summed E-state index contributed by atoms with van der Waals surface area (Å²) < 4.78 is 17.1. The summed E-state index contributed by atoms with van der Waals surface area (Å²) in [5.41, 5.74) is 2.10. The Labute approximate surface area is 124 Å². The summed E-state index contributed by atoms with van der Waals surface area (Å²) in [7, 11) is 0. The molecule has 0 spiro atoms. The first kappa shape index (κ1) is 13.7. The molecule has 3 heteroatoms. The quantitative estimate of drug-likeness (QED) is 0.738. The molecule has 2 aromatic carbocycles. The Balaban J connectivity index is 1.93. The van der Waals surface area contributed by atoms with Gasteiger partial charge in [-0.15, -0.1) is 0 Å². The Hall–Kier alpha value is -2.26. The molecule has 0 fully saturated rings. The third kappa shape index (κ3) is 3.64. The van der Waals surface area contributed by atoms with Crippen molar-refractivity contribution in [2.75, 3.05) is 26.4 Å². The molecule has 0 saturated heterocycles. The van der Waals surface area contributed by atoms with Crippen molar-refractivity contribution in [2.45, 2.75) is 0 Å². The zero-order valence-corrected chi connectivity index (χ0v) is 11.8. The van der Waals surface area contributed by atoms with Crippen molar-refractivity contribution in [3.8, 4) is 11.5 Å². The molecule has 0 amide bonds. The average molecular weight is 282 g/mol. The van der Waals surface area contributed by atoms with Gasteiger partial charge in [0.1, 0.15) is 24.7 Å². The van der Waals surface area contributed by atoms with E-state index in [-0.39, 0.29) is 0 Å². The van der Waals surface area contributed by atoms with Crippen LogP contribution in [0.1, 0.15) is 11.1 Å². The Bertz CT molecular complexity index is 566. The van der Waals surface area contributed by atoms with Gasteiger partial charge in [0.25, 0.3) is 0 Å². The molecule has 0 aliphatic carbocycles. The minimum atomic E-state index is 0.539. The van der Waals surface area contributed by atoms with Gasteiger partial charge in [-0.3, -0.25) is 0 Å². The van der Waals surface area contributed by atoms with Gasteiger partial charge in [-0.1, -0.05) is 48.6 Å². The molecule has 1 aliphatic rings. The van der Waals surface area contributed by atoms with E-state index in [4.69, 9.17) is 14.2 Å². The molecule has 108 valence electrons. The molecule has 0 unspecified atom stereocenters. The molecule has 1 heterocycles. The molecule has 0 N–H and O–H groups in total. The van der Waals surface area contributed by atoms with Crippen LogP contribution in [0.2, 0.25) is 0 Å². The van der Waals surface area contributed by atoms with E-state index in [1.54, 1.807) is 0 Å². The number of para-hydroxylation sites is 2. The third-order valence-electron chi connectivity index (χ3n) is 3.25. The summed E-state index contributed by atoms with van der Waals surface area (Å²) in [5, 5.41) is 0. The first-order valence-corrected chi connectivity index (χ1v) is 7.13. The van der Waals surface area contributed by atoms with Crippen LogP contribution in [0, 0.1) is 0 Å². The molecule has 21 heavy (non-hydrogen) atoms. The Morgan fingerprint density at radius 3 is 1.57 bits per heavy atom. The van der Waals surface area contributed by atoms with Gasteiger partial charge in [0.05, 0.1) is 13.2 Å². The summed E-state index contributed by atoms with van der Waals surface area (Å²) in [5.74, 6) is 1.74. The minimum absolute atomic E-state index is 0.539. The van der Waals surface area contributed by atoms with Crippen molar-refractivity contribution < 1.29 is 14.2 Å². The smallest absolute Gasteiger partial charge is 0.126 e. The topological polar surface area (TPSA) is 27.7 Å². The maximum atomic E-state index is 5.77. The normalized spacial score (nSPS) is 16.8. The van der Waals surface area contributed by atoms with Gasteiger partial charge in [0.15, 0.2) is 0 Å². The molecule has 3 rings (SSSR count). The molecular weight excluding hydrogens is 264 g/mol. The number of hydrogen-bond donors (Lipinski definition) is 0. The fraction of sp³-hybridized carbons (Fsp3) is 0.222. The second-order valence-electron chi connectivity index (χ2n) is 4.72. The monoisotopic (exact) mass is 282 g/mol. The van der Waals surface area contributed by atoms with Crippen molar-refractivity contribution in [2.24, 2.45) is 0 Å². The zero-order chi connectivity index (χ0) is 14.3. The third-order valence-corrected chi connectivity index (χ3v) is 3.25. The van der Waals surface area contributed by atoms with E-state index in [1.165, 1.54) is 0 Å². The van der Waals surface area contributed by atoms with Gasteiger partial charge in [0, 0.05) is 11.1 Å². The largest absolute Gasteiger partial charge is 0.491 e. The summed E-state index contributed by atoms with van der Waals surface area (Å²) in [6.45, 7) is 2.20. The molecule has 1 aliphatic heterocycles. The predicted molar refractivity (Wildman–Crippen MR) is 83.6 cm³/mol. The number of rotatable bonds is 0. The molecule has 3 nitrogen and oxygen atoms in total. The van der Waals surface area contributed by atoms with Crippen molar-refractivity contribution >= 4 is 12.2 Å². The first-order chi connectivity index (χ1) is 10.4. The van der Waals surface area contributed by atoms with Gasteiger partial charge < -0.3 is 14.2 Å². The SMILES string of the molecule is C1=C/c2ccccc2OCCOCCOc2ccccc2/1. The van der Waals surface area contributed by atoms with Crippen LogP contribution in [0.25, 0.3) is 12.2 Å². The first-order valence-electron chi connectivity index (χ1n) is 7.13. The predicted octanol–water partition coefficient (Wildman–Crippen LogP) is 3.64. The molecule has 0 saturated carbocycles. The maximum absolute atomic E-state index is 5.77. The number of fused-ring (bicyclic) bond motifs is 2. The Kier molecular flexibility index (Phi) is 4.54. The second-order valence-corrected chi connectivity index (χ2v) is 4.72. The van der Waals surface area contributed by atoms with Crippen molar-refractivity contribution in [3.63, 3.8) is 0 Å². The van der Waals surface area contributed by atoms with Crippen LogP contribution in [-0.4, -0.2) is 26.4 Å². The van der Waals surface area contributed by atoms with Crippen LogP contribution in [0.3, 0.4) is 0 Å². The molecule has 0 radical (unpaired) electrons. The van der Waals surface area contributed by atoms with E-state index >= 15 is 0 Å². The van der Waals surface area contributed by atoms with Crippen LogP contribution in [-0.2, 0) is 4.74 Å². The van der Waals surface area contributed by atoms with Gasteiger partial charge in [-0.25, -0.2) is 0 Å². The lowest BCUT2D eigenvalue weighted by molar-refractivity contribution is 0.0764. The maximum Gasteiger partial charge on any atom is 0.126 e. The van der Waals surface area contributed by atoms with Crippen LogP contribution >= 0.6 is 0 Å². The lowest BCUT2D eigenvalue weighted by atomic mass is 10.1. The molecule has 0 bridgehead atoms. The standard InChI is InChI=1S/C18H18O3/c1-3-7-17-15(5-1)9-10-16-6-2-4-8-18(16)21-14-12-19-11-13-20-17/h1-10H,11-14H2/b10-9+. The van der Waals surface area contributed by atoms with Gasteiger partial charge in [-0.05, 0) is 12.1 Å². The van der Waals surface area contributed by atoms with Gasteiger partial charge in [-0.2, -0.15) is 0 Å². The van der Waals surface area contributed by atoms with Gasteiger partial charge >= 0.3 is 0 Å². The van der Waals surface area contributed by atoms with Crippen molar-refractivity contribution in [1.82, 2.24) is 0 Å². The molecule has 0 aromatic heterocycles. The number of hydrogen-bond acceptors (Lipinski definition) is 3. The fourth-order valence-electron chi connectivity index (χ4n) is 2.20. The Morgan fingerprint density at radius 1 is 0.571 bits per heavy atom.